The zero-order valence-corrected chi connectivity index (χ0v) is 21.1. The van der Waals surface area contributed by atoms with E-state index in [1.54, 1.807) is 11.6 Å². The largest absolute Gasteiger partial charge is 0.354 e. The molecule has 36 heavy (non-hydrogen) atoms. The van der Waals surface area contributed by atoms with Gasteiger partial charge in [-0.05, 0) is 56.9 Å². The Bertz CT molecular complexity index is 1460. The molecule has 0 unspecified atom stereocenters. The lowest BCUT2D eigenvalue weighted by Crippen LogP contribution is -2.39. The van der Waals surface area contributed by atoms with Gasteiger partial charge in [0.25, 0.3) is 5.56 Å². The molecule has 0 saturated heterocycles. The van der Waals surface area contributed by atoms with Crippen LogP contribution in [0.15, 0.2) is 59.4 Å². The van der Waals surface area contributed by atoms with E-state index in [9.17, 15) is 9.59 Å². The number of rotatable bonds is 7. The normalized spacial score (nSPS) is 14.5. The summed E-state index contributed by atoms with van der Waals surface area (Å²) in [7, 11) is 0. The van der Waals surface area contributed by atoms with Crippen LogP contribution in [-0.2, 0) is 17.8 Å². The van der Waals surface area contributed by atoms with E-state index >= 15 is 0 Å². The third-order valence-electron chi connectivity index (χ3n) is 7.05. The summed E-state index contributed by atoms with van der Waals surface area (Å²) >= 11 is 0. The van der Waals surface area contributed by atoms with Gasteiger partial charge in [0, 0.05) is 26.2 Å². The quantitative estimate of drug-likeness (QED) is 0.407. The van der Waals surface area contributed by atoms with Crippen LogP contribution < -0.4 is 10.9 Å². The minimum Gasteiger partial charge on any atom is -0.354 e. The molecule has 2 aromatic carbocycles. The predicted octanol–water partition coefficient (Wildman–Crippen LogP) is 3.32. The van der Waals surface area contributed by atoms with Gasteiger partial charge in [0.15, 0.2) is 0 Å². The highest BCUT2D eigenvalue weighted by molar-refractivity contribution is 5.84. The molecule has 1 atom stereocenters. The highest BCUT2D eigenvalue weighted by Crippen LogP contribution is 2.21. The van der Waals surface area contributed by atoms with Crippen molar-refractivity contribution in [1.29, 1.82) is 0 Å². The zero-order chi connectivity index (χ0) is 25.2. The first-order valence-corrected chi connectivity index (χ1v) is 12.5. The smallest absolute Gasteiger partial charge is 0.278 e. The van der Waals surface area contributed by atoms with Crippen molar-refractivity contribution in [3.05, 3.63) is 87.5 Å². The van der Waals surface area contributed by atoms with E-state index in [-0.39, 0.29) is 11.5 Å². The molecule has 0 radical (unpaired) electrons. The average molecular weight is 485 g/mol. The van der Waals surface area contributed by atoms with Gasteiger partial charge in [0.05, 0.1) is 22.5 Å². The fourth-order valence-electron chi connectivity index (χ4n) is 4.98. The molecular formula is C28H32N6O2. The Balaban J connectivity index is 1.25. The second-order valence-electron chi connectivity index (χ2n) is 9.51. The standard InChI is InChI=1S/C28H32N6O2/c1-19-26-25(20(2)33(31-26)24-12-5-4-6-13-24)28(36)34(30-19)21(3)27(35)29-15-9-16-32-17-14-22-10-7-8-11-23(22)18-32/h4-8,10-13,21H,9,14-18H2,1-3H3,(H,29,35)/t21-/m1/s1. The fraction of sp³-hybridized carbons (Fsp3) is 0.357. The van der Waals surface area contributed by atoms with Gasteiger partial charge in [-0.15, -0.1) is 0 Å². The number of amides is 1. The van der Waals surface area contributed by atoms with Gasteiger partial charge in [0.1, 0.15) is 11.6 Å². The molecule has 0 fully saturated rings. The Hall–Kier alpha value is -3.78. The molecule has 186 valence electrons. The van der Waals surface area contributed by atoms with Crippen LogP contribution in [0.5, 0.6) is 0 Å². The number of nitrogens with one attached hydrogen (secondary N) is 1. The molecule has 0 aliphatic carbocycles. The molecule has 1 N–H and O–H groups in total. The lowest BCUT2D eigenvalue weighted by Gasteiger charge is -2.28. The summed E-state index contributed by atoms with van der Waals surface area (Å²) in [5.41, 5.74) is 5.32. The molecule has 4 aromatic rings. The van der Waals surface area contributed by atoms with Gasteiger partial charge in [-0.2, -0.15) is 10.2 Å². The minimum atomic E-state index is -0.720. The number of hydrogen-bond donors (Lipinski definition) is 1. The Morgan fingerprint density at radius 2 is 1.75 bits per heavy atom. The van der Waals surface area contributed by atoms with E-state index in [2.05, 4.69) is 44.7 Å². The van der Waals surface area contributed by atoms with Crippen LogP contribution in [0.3, 0.4) is 0 Å². The Morgan fingerprint density at radius 1 is 1.03 bits per heavy atom. The summed E-state index contributed by atoms with van der Waals surface area (Å²) in [4.78, 5) is 28.7. The number of aromatic nitrogens is 4. The van der Waals surface area contributed by atoms with Crippen LogP contribution in [0.2, 0.25) is 0 Å². The first-order chi connectivity index (χ1) is 17.4. The number of carbonyl (C=O) groups excluding carboxylic acids is 1. The predicted molar refractivity (Wildman–Crippen MR) is 140 cm³/mol. The van der Waals surface area contributed by atoms with E-state index in [1.165, 1.54) is 15.8 Å². The Labute approximate surface area is 210 Å². The highest BCUT2D eigenvalue weighted by Gasteiger charge is 2.23. The topological polar surface area (TPSA) is 85.0 Å². The van der Waals surface area contributed by atoms with Crippen molar-refractivity contribution in [2.45, 2.75) is 46.2 Å². The zero-order valence-electron chi connectivity index (χ0n) is 21.1. The Kier molecular flexibility index (Phi) is 6.69. The first-order valence-electron chi connectivity index (χ1n) is 12.5. The molecular weight excluding hydrogens is 452 g/mol. The number of aryl methyl sites for hydroxylation is 2. The van der Waals surface area contributed by atoms with E-state index in [4.69, 9.17) is 0 Å². The maximum Gasteiger partial charge on any atom is 0.278 e. The lowest BCUT2D eigenvalue weighted by atomic mass is 10.00. The number of para-hydroxylation sites is 1. The third-order valence-corrected chi connectivity index (χ3v) is 7.05. The van der Waals surface area contributed by atoms with Gasteiger partial charge >= 0.3 is 0 Å². The van der Waals surface area contributed by atoms with Crippen LogP contribution >= 0.6 is 0 Å². The monoisotopic (exact) mass is 484 g/mol. The summed E-state index contributed by atoms with van der Waals surface area (Å²) < 4.78 is 3.05. The van der Waals surface area contributed by atoms with Crippen molar-refractivity contribution in [1.82, 2.24) is 29.8 Å². The summed E-state index contributed by atoms with van der Waals surface area (Å²) in [6.07, 6.45) is 1.92. The van der Waals surface area contributed by atoms with Crippen LogP contribution in [-0.4, -0.2) is 50.0 Å². The third kappa shape index (κ3) is 4.56. The molecule has 8 heteroatoms. The van der Waals surface area contributed by atoms with Crippen molar-refractivity contribution in [2.24, 2.45) is 0 Å². The molecule has 2 aromatic heterocycles. The second-order valence-corrected chi connectivity index (χ2v) is 9.51. The van der Waals surface area contributed by atoms with Gasteiger partial charge in [-0.25, -0.2) is 9.36 Å². The number of fused-ring (bicyclic) bond motifs is 2. The van der Waals surface area contributed by atoms with Gasteiger partial charge in [-0.1, -0.05) is 42.5 Å². The highest BCUT2D eigenvalue weighted by atomic mass is 16.2. The van der Waals surface area contributed by atoms with Gasteiger partial charge in [0.2, 0.25) is 5.91 Å². The molecule has 0 bridgehead atoms. The second kappa shape index (κ2) is 10.1. The molecule has 0 spiro atoms. The van der Waals surface area contributed by atoms with E-state index in [0.29, 0.717) is 23.1 Å². The van der Waals surface area contributed by atoms with Gasteiger partial charge < -0.3 is 5.32 Å². The average Bonchev–Trinajstić information content (AvgIpc) is 3.26. The summed E-state index contributed by atoms with van der Waals surface area (Å²) in [5, 5.41) is 12.6. The molecule has 1 aliphatic heterocycles. The van der Waals surface area contributed by atoms with E-state index in [1.807, 2.05) is 44.2 Å². The van der Waals surface area contributed by atoms with Crippen LogP contribution in [0.1, 0.15) is 41.9 Å². The van der Waals surface area contributed by atoms with Crippen molar-refractivity contribution in [3.8, 4) is 5.69 Å². The van der Waals surface area contributed by atoms with Crippen molar-refractivity contribution in [2.75, 3.05) is 19.6 Å². The lowest BCUT2D eigenvalue weighted by molar-refractivity contribution is -0.124. The number of hydrogen-bond acceptors (Lipinski definition) is 5. The number of carbonyl (C=O) groups is 1. The van der Waals surface area contributed by atoms with Crippen molar-refractivity contribution < 1.29 is 4.79 Å². The summed E-state index contributed by atoms with van der Waals surface area (Å²) in [6.45, 7) is 8.88. The summed E-state index contributed by atoms with van der Waals surface area (Å²) in [6, 6.07) is 17.6. The maximum atomic E-state index is 13.4. The Morgan fingerprint density at radius 3 is 2.53 bits per heavy atom. The summed E-state index contributed by atoms with van der Waals surface area (Å²) in [5.74, 6) is -0.208. The van der Waals surface area contributed by atoms with Crippen molar-refractivity contribution in [3.63, 3.8) is 0 Å². The van der Waals surface area contributed by atoms with E-state index < -0.39 is 6.04 Å². The SMILES string of the molecule is Cc1nn([C@H](C)C(=O)NCCCN2CCc3ccccc3C2)c(=O)c2c(C)n(-c3ccccc3)nc12. The van der Waals surface area contributed by atoms with Crippen LogP contribution in [0, 0.1) is 13.8 Å². The number of benzene rings is 2. The molecule has 0 saturated carbocycles. The molecule has 1 aliphatic rings. The minimum absolute atomic E-state index is 0.208. The van der Waals surface area contributed by atoms with Crippen LogP contribution in [0.4, 0.5) is 0 Å². The maximum absolute atomic E-state index is 13.4. The van der Waals surface area contributed by atoms with Gasteiger partial charge in [-0.3, -0.25) is 14.5 Å². The van der Waals surface area contributed by atoms with Crippen molar-refractivity contribution >= 4 is 16.8 Å². The molecule has 8 nitrogen and oxygen atoms in total. The van der Waals surface area contributed by atoms with E-state index in [0.717, 1.165) is 43.9 Å². The fourth-order valence-corrected chi connectivity index (χ4v) is 4.98. The number of nitrogens with zero attached hydrogens (tertiary/aromatic N) is 5. The molecule has 1 amide bonds. The first kappa shape index (κ1) is 23.9. The molecule has 5 rings (SSSR count). The van der Waals surface area contributed by atoms with Crippen LogP contribution in [0.25, 0.3) is 16.6 Å². The molecule has 3 heterocycles.